The van der Waals surface area contributed by atoms with Gasteiger partial charge in [0, 0.05) is 0 Å². The predicted octanol–water partition coefficient (Wildman–Crippen LogP) is 5.22. The molecule has 0 aromatic heterocycles. The first-order valence-electron chi connectivity index (χ1n) is 6.83. The van der Waals surface area contributed by atoms with Crippen molar-refractivity contribution in [3.63, 3.8) is 0 Å². The Kier molecular flexibility index (Phi) is 6.56. The standard InChI is InChI=1S/C5H10.2C4H9.Sn/c1-3-5-4-2;2*1-3-4-2;/h1-5H2;2*1,3-4H2,2H3;. The third kappa shape index (κ3) is 4.12. The molecule has 0 radical (unpaired) electrons. The van der Waals surface area contributed by atoms with Crippen LogP contribution >= 0.6 is 0 Å². The summed E-state index contributed by atoms with van der Waals surface area (Å²) in [6, 6.07) is 0. The van der Waals surface area contributed by atoms with Gasteiger partial charge < -0.3 is 0 Å². The molecule has 1 aliphatic heterocycles. The molecular formula is C13H28Sn. The summed E-state index contributed by atoms with van der Waals surface area (Å²) in [5.41, 5.74) is 0. The fourth-order valence-corrected chi connectivity index (χ4v) is 19.3. The molecule has 1 heteroatoms. The van der Waals surface area contributed by atoms with Crippen molar-refractivity contribution in [3.05, 3.63) is 0 Å². The Hall–Kier alpha value is 0.799. The van der Waals surface area contributed by atoms with Crippen LogP contribution in [0.4, 0.5) is 0 Å². The third-order valence-electron chi connectivity index (χ3n) is 4.04. The van der Waals surface area contributed by atoms with Crippen molar-refractivity contribution >= 4 is 18.4 Å². The van der Waals surface area contributed by atoms with Gasteiger partial charge in [0.2, 0.25) is 0 Å². The van der Waals surface area contributed by atoms with Gasteiger partial charge in [0.15, 0.2) is 0 Å². The number of unbranched alkanes of at least 4 members (excludes halogenated alkanes) is 2. The summed E-state index contributed by atoms with van der Waals surface area (Å²) in [7, 11) is 0. The van der Waals surface area contributed by atoms with E-state index in [9.17, 15) is 0 Å². The SMILES string of the molecule is CCC[CH2][Sn]1([CH2]CCC)[CH2]CCC[CH2]1. The predicted molar refractivity (Wildman–Crippen MR) is 68.6 cm³/mol. The van der Waals surface area contributed by atoms with Crippen LogP contribution in [0.25, 0.3) is 0 Å². The molecular weight excluding hydrogens is 275 g/mol. The first-order valence-corrected chi connectivity index (χ1v) is 14.9. The third-order valence-corrected chi connectivity index (χ3v) is 20.2. The van der Waals surface area contributed by atoms with E-state index in [4.69, 9.17) is 0 Å². The molecule has 14 heavy (non-hydrogen) atoms. The van der Waals surface area contributed by atoms with E-state index in [0.717, 1.165) is 0 Å². The van der Waals surface area contributed by atoms with E-state index in [1.807, 2.05) is 0 Å². The summed E-state index contributed by atoms with van der Waals surface area (Å²) < 4.78 is 6.94. The normalized spacial score (nSPS) is 21.0. The van der Waals surface area contributed by atoms with E-state index in [0.29, 0.717) is 0 Å². The van der Waals surface area contributed by atoms with E-state index < -0.39 is 18.4 Å². The topological polar surface area (TPSA) is 0 Å². The first-order chi connectivity index (χ1) is 6.83. The van der Waals surface area contributed by atoms with Gasteiger partial charge >= 0.3 is 94.9 Å². The molecule has 0 spiro atoms. The van der Waals surface area contributed by atoms with Crippen molar-refractivity contribution in [2.45, 2.75) is 76.5 Å². The van der Waals surface area contributed by atoms with Crippen LogP contribution in [-0.4, -0.2) is 18.4 Å². The second-order valence-electron chi connectivity index (χ2n) is 5.27. The Morgan fingerprint density at radius 2 is 1.29 bits per heavy atom. The molecule has 84 valence electrons. The molecule has 0 nitrogen and oxygen atoms in total. The Balaban J connectivity index is 2.39. The molecule has 1 rings (SSSR count). The molecule has 0 saturated carbocycles. The summed E-state index contributed by atoms with van der Waals surface area (Å²) in [6.45, 7) is 4.73. The monoisotopic (exact) mass is 304 g/mol. The van der Waals surface area contributed by atoms with Crippen molar-refractivity contribution < 1.29 is 0 Å². The molecule has 1 heterocycles. The van der Waals surface area contributed by atoms with E-state index in [1.165, 1.54) is 12.8 Å². The van der Waals surface area contributed by atoms with Crippen LogP contribution in [0.1, 0.15) is 58.8 Å². The van der Waals surface area contributed by atoms with Gasteiger partial charge in [-0.1, -0.05) is 0 Å². The van der Waals surface area contributed by atoms with Crippen molar-refractivity contribution in [1.82, 2.24) is 0 Å². The number of hydrogen-bond donors (Lipinski definition) is 0. The molecule has 0 unspecified atom stereocenters. The van der Waals surface area contributed by atoms with Gasteiger partial charge in [-0.05, 0) is 0 Å². The summed E-state index contributed by atoms with van der Waals surface area (Å²) in [5, 5.41) is 0. The maximum atomic E-state index is 2.36. The second-order valence-corrected chi connectivity index (χ2v) is 19.5. The minimum absolute atomic E-state index is 1.44. The fourth-order valence-electron chi connectivity index (χ4n) is 3.03. The Bertz CT molecular complexity index is 126. The molecule has 0 aromatic rings. The van der Waals surface area contributed by atoms with Crippen LogP contribution in [0.3, 0.4) is 0 Å². The van der Waals surface area contributed by atoms with E-state index in [2.05, 4.69) is 13.8 Å². The summed E-state index contributed by atoms with van der Waals surface area (Å²) >= 11 is -1.50. The van der Waals surface area contributed by atoms with Gasteiger partial charge in [-0.15, -0.1) is 0 Å². The first kappa shape index (κ1) is 12.9. The van der Waals surface area contributed by atoms with Crippen molar-refractivity contribution in [2.24, 2.45) is 0 Å². The molecule has 1 aliphatic rings. The average Bonchev–Trinajstić information content (AvgIpc) is 2.25. The number of hydrogen-bond acceptors (Lipinski definition) is 0. The van der Waals surface area contributed by atoms with Crippen molar-refractivity contribution in [1.29, 1.82) is 0 Å². The summed E-state index contributed by atoms with van der Waals surface area (Å²) in [5.74, 6) is 0. The van der Waals surface area contributed by atoms with Crippen LogP contribution in [0.2, 0.25) is 17.7 Å². The molecule has 0 aliphatic carbocycles. The zero-order chi connectivity index (χ0) is 10.3. The zero-order valence-corrected chi connectivity index (χ0v) is 13.1. The van der Waals surface area contributed by atoms with Crippen molar-refractivity contribution in [2.75, 3.05) is 0 Å². The maximum absolute atomic E-state index is 2.36. The van der Waals surface area contributed by atoms with Gasteiger partial charge in [-0.25, -0.2) is 0 Å². The molecule has 1 fully saturated rings. The second kappa shape index (κ2) is 7.13. The zero-order valence-electron chi connectivity index (χ0n) is 10.3. The quantitative estimate of drug-likeness (QED) is 0.590. The van der Waals surface area contributed by atoms with E-state index >= 15 is 0 Å². The number of rotatable bonds is 6. The van der Waals surface area contributed by atoms with Crippen LogP contribution < -0.4 is 0 Å². The Morgan fingerprint density at radius 1 is 0.786 bits per heavy atom. The molecule has 0 atom stereocenters. The van der Waals surface area contributed by atoms with E-state index in [1.54, 1.807) is 49.9 Å². The van der Waals surface area contributed by atoms with Gasteiger partial charge in [-0.3, -0.25) is 0 Å². The molecule has 1 saturated heterocycles. The Morgan fingerprint density at radius 3 is 1.71 bits per heavy atom. The van der Waals surface area contributed by atoms with Crippen LogP contribution in [0, 0.1) is 0 Å². The van der Waals surface area contributed by atoms with Gasteiger partial charge in [0.25, 0.3) is 0 Å². The fraction of sp³-hybridized carbons (Fsp3) is 1.00. The van der Waals surface area contributed by atoms with Gasteiger partial charge in [0.05, 0.1) is 0 Å². The van der Waals surface area contributed by atoms with Gasteiger partial charge in [0.1, 0.15) is 0 Å². The average molecular weight is 303 g/mol. The van der Waals surface area contributed by atoms with Crippen LogP contribution in [0.15, 0.2) is 0 Å². The van der Waals surface area contributed by atoms with E-state index in [-0.39, 0.29) is 0 Å². The van der Waals surface area contributed by atoms with Gasteiger partial charge in [-0.2, -0.15) is 0 Å². The molecule has 0 N–H and O–H groups in total. The summed E-state index contributed by atoms with van der Waals surface area (Å²) in [6.07, 6.45) is 10.7. The Labute approximate surface area is 94.7 Å². The van der Waals surface area contributed by atoms with Crippen LogP contribution in [0.5, 0.6) is 0 Å². The molecule has 0 bridgehead atoms. The van der Waals surface area contributed by atoms with Crippen LogP contribution in [-0.2, 0) is 0 Å². The molecule has 0 amide bonds. The molecule has 0 aromatic carbocycles. The summed E-state index contributed by atoms with van der Waals surface area (Å²) in [4.78, 5) is 0. The van der Waals surface area contributed by atoms with Crippen molar-refractivity contribution in [3.8, 4) is 0 Å². The minimum atomic E-state index is -1.50.